The van der Waals surface area contributed by atoms with E-state index < -0.39 is 0 Å². The minimum absolute atomic E-state index is 0.168. The van der Waals surface area contributed by atoms with Crippen LogP contribution in [0.2, 0.25) is 0 Å². The number of carbonyl (C=O) groups is 1. The molecule has 16 heavy (non-hydrogen) atoms. The first-order valence-electron chi connectivity index (χ1n) is 6.11. The predicted octanol–water partition coefficient (Wildman–Crippen LogP) is 2.36. The van der Waals surface area contributed by atoms with Crippen molar-refractivity contribution in [1.29, 1.82) is 0 Å². The molecular formula is C14H19NO. The lowest BCUT2D eigenvalue weighted by Gasteiger charge is -2.29. The lowest BCUT2D eigenvalue weighted by Crippen LogP contribution is -2.40. The second-order valence-corrected chi connectivity index (χ2v) is 4.45. The van der Waals surface area contributed by atoms with Crippen LogP contribution in [0.4, 0.5) is 0 Å². The van der Waals surface area contributed by atoms with Crippen LogP contribution in [0.3, 0.4) is 0 Å². The summed E-state index contributed by atoms with van der Waals surface area (Å²) in [6.07, 6.45) is 1.72. The second kappa shape index (κ2) is 5.26. The molecule has 1 saturated heterocycles. The van der Waals surface area contributed by atoms with Gasteiger partial charge in [-0.3, -0.25) is 4.79 Å². The highest BCUT2D eigenvalue weighted by Crippen LogP contribution is 2.30. The largest absolute Gasteiger partial charge is 0.316 e. The molecule has 0 saturated carbocycles. The number of benzene rings is 1. The van der Waals surface area contributed by atoms with Gasteiger partial charge in [-0.25, -0.2) is 0 Å². The maximum absolute atomic E-state index is 11.9. The molecule has 86 valence electrons. The van der Waals surface area contributed by atoms with Crippen LogP contribution in [0.15, 0.2) is 30.3 Å². The minimum Gasteiger partial charge on any atom is -0.316 e. The molecule has 1 N–H and O–H groups in total. The van der Waals surface area contributed by atoms with Crippen LogP contribution in [0.1, 0.15) is 31.2 Å². The third kappa shape index (κ3) is 2.33. The van der Waals surface area contributed by atoms with Crippen molar-refractivity contribution < 1.29 is 4.79 Å². The Hall–Kier alpha value is -1.15. The van der Waals surface area contributed by atoms with Crippen molar-refractivity contribution in [1.82, 2.24) is 5.32 Å². The topological polar surface area (TPSA) is 29.1 Å². The fraction of sp³-hybridized carbons (Fsp3) is 0.500. The quantitative estimate of drug-likeness (QED) is 0.842. The van der Waals surface area contributed by atoms with Crippen LogP contribution in [-0.2, 0) is 4.79 Å². The Morgan fingerprint density at radius 2 is 2.12 bits per heavy atom. The maximum atomic E-state index is 11.9. The number of nitrogens with one attached hydrogen (secondary N) is 1. The van der Waals surface area contributed by atoms with Gasteiger partial charge in [-0.2, -0.15) is 0 Å². The fourth-order valence-electron chi connectivity index (χ4n) is 2.59. The Morgan fingerprint density at radius 3 is 2.75 bits per heavy atom. The van der Waals surface area contributed by atoms with Crippen molar-refractivity contribution in [2.45, 2.75) is 25.7 Å². The summed E-state index contributed by atoms with van der Waals surface area (Å²) in [5.41, 5.74) is 1.30. The second-order valence-electron chi connectivity index (χ2n) is 4.45. The van der Waals surface area contributed by atoms with Gasteiger partial charge in [0.05, 0.1) is 0 Å². The molecule has 0 spiro atoms. The molecule has 1 aromatic rings. The summed E-state index contributed by atoms with van der Waals surface area (Å²) >= 11 is 0. The van der Waals surface area contributed by atoms with Crippen LogP contribution in [0.5, 0.6) is 0 Å². The highest BCUT2D eigenvalue weighted by Gasteiger charge is 2.29. The molecule has 2 heteroatoms. The van der Waals surface area contributed by atoms with Crippen LogP contribution in [0, 0.1) is 5.92 Å². The SMILES string of the molecule is CCC(c1ccccc1)C1CNCCC1=O. The van der Waals surface area contributed by atoms with E-state index in [1.165, 1.54) is 5.56 Å². The standard InChI is InChI=1S/C14H19NO/c1-2-12(11-6-4-3-5-7-11)13-10-15-9-8-14(13)16/h3-7,12-13,15H,2,8-10H2,1H3. The summed E-state index contributed by atoms with van der Waals surface area (Å²) < 4.78 is 0. The van der Waals surface area contributed by atoms with Crippen molar-refractivity contribution in [2.24, 2.45) is 5.92 Å². The van der Waals surface area contributed by atoms with Gasteiger partial charge in [0.15, 0.2) is 0 Å². The molecule has 2 atom stereocenters. The zero-order valence-electron chi connectivity index (χ0n) is 9.78. The Labute approximate surface area is 97.1 Å². The van der Waals surface area contributed by atoms with Gasteiger partial charge < -0.3 is 5.32 Å². The van der Waals surface area contributed by atoms with Gasteiger partial charge in [-0.1, -0.05) is 37.3 Å². The van der Waals surface area contributed by atoms with Gasteiger partial charge in [0, 0.05) is 25.4 Å². The van der Waals surface area contributed by atoms with E-state index in [4.69, 9.17) is 0 Å². The number of rotatable bonds is 3. The Morgan fingerprint density at radius 1 is 1.38 bits per heavy atom. The number of Topliss-reactive ketones (excluding diaryl/α,β-unsaturated/α-hetero) is 1. The average molecular weight is 217 g/mol. The van der Waals surface area contributed by atoms with E-state index >= 15 is 0 Å². The van der Waals surface area contributed by atoms with Gasteiger partial charge in [-0.05, 0) is 17.9 Å². The van der Waals surface area contributed by atoms with Gasteiger partial charge in [-0.15, -0.1) is 0 Å². The third-order valence-electron chi connectivity index (χ3n) is 3.48. The summed E-state index contributed by atoms with van der Waals surface area (Å²) in [4.78, 5) is 11.9. The first-order chi connectivity index (χ1) is 7.83. The Bertz CT molecular complexity index is 347. The molecule has 1 fully saturated rings. The Balaban J connectivity index is 2.18. The van der Waals surface area contributed by atoms with E-state index in [1.807, 2.05) is 6.07 Å². The first-order valence-corrected chi connectivity index (χ1v) is 6.11. The monoisotopic (exact) mass is 217 g/mol. The molecule has 0 bridgehead atoms. The van der Waals surface area contributed by atoms with Crippen molar-refractivity contribution in [2.75, 3.05) is 13.1 Å². The van der Waals surface area contributed by atoms with E-state index in [2.05, 4.69) is 36.5 Å². The Kier molecular flexibility index (Phi) is 3.73. The van der Waals surface area contributed by atoms with Crippen molar-refractivity contribution in [3.8, 4) is 0 Å². The summed E-state index contributed by atoms with van der Waals surface area (Å²) in [6.45, 7) is 3.85. The van der Waals surface area contributed by atoms with Gasteiger partial charge in [0.25, 0.3) is 0 Å². The molecule has 0 amide bonds. The van der Waals surface area contributed by atoms with Gasteiger partial charge in [0.2, 0.25) is 0 Å². The molecule has 1 aliphatic rings. The molecule has 2 rings (SSSR count). The molecule has 1 heterocycles. The molecule has 2 unspecified atom stereocenters. The van der Waals surface area contributed by atoms with Crippen molar-refractivity contribution in [3.05, 3.63) is 35.9 Å². The van der Waals surface area contributed by atoms with Crippen molar-refractivity contribution in [3.63, 3.8) is 0 Å². The molecular weight excluding hydrogens is 198 g/mol. The van der Waals surface area contributed by atoms with Crippen LogP contribution in [-0.4, -0.2) is 18.9 Å². The molecule has 0 radical (unpaired) electrons. The van der Waals surface area contributed by atoms with E-state index in [0.717, 1.165) is 19.5 Å². The first kappa shape index (κ1) is 11.3. The summed E-state index contributed by atoms with van der Waals surface area (Å²) in [6, 6.07) is 10.4. The van der Waals surface area contributed by atoms with Gasteiger partial charge in [0.1, 0.15) is 5.78 Å². The predicted molar refractivity (Wildman–Crippen MR) is 65.5 cm³/mol. The van der Waals surface area contributed by atoms with E-state index in [-0.39, 0.29) is 5.92 Å². The maximum Gasteiger partial charge on any atom is 0.139 e. The van der Waals surface area contributed by atoms with Gasteiger partial charge >= 0.3 is 0 Å². The molecule has 0 aliphatic carbocycles. The summed E-state index contributed by atoms with van der Waals surface area (Å²) in [7, 11) is 0. The van der Waals surface area contributed by atoms with Crippen molar-refractivity contribution >= 4 is 5.78 Å². The zero-order chi connectivity index (χ0) is 11.4. The lowest BCUT2D eigenvalue weighted by atomic mass is 9.79. The third-order valence-corrected chi connectivity index (χ3v) is 3.48. The number of ketones is 1. The highest BCUT2D eigenvalue weighted by atomic mass is 16.1. The molecule has 2 nitrogen and oxygen atoms in total. The number of carbonyl (C=O) groups excluding carboxylic acids is 1. The van der Waals surface area contributed by atoms with Crippen LogP contribution in [0.25, 0.3) is 0 Å². The van der Waals surface area contributed by atoms with E-state index in [1.54, 1.807) is 0 Å². The minimum atomic E-state index is 0.168. The van der Waals surface area contributed by atoms with E-state index in [9.17, 15) is 4.79 Å². The lowest BCUT2D eigenvalue weighted by molar-refractivity contribution is -0.124. The van der Waals surface area contributed by atoms with E-state index in [0.29, 0.717) is 18.1 Å². The van der Waals surface area contributed by atoms with Crippen LogP contribution >= 0.6 is 0 Å². The smallest absolute Gasteiger partial charge is 0.139 e. The highest BCUT2D eigenvalue weighted by molar-refractivity contribution is 5.83. The zero-order valence-corrected chi connectivity index (χ0v) is 9.78. The number of hydrogen-bond acceptors (Lipinski definition) is 2. The summed E-state index contributed by atoms with van der Waals surface area (Å²) in [5.74, 6) is 0.970. The summed E-state index contributed by atoms with van der Waals surface area (Å²) in [5, 5.41) is 3.33. The molecule has 1 aromatic carbocycles. The normalized spacial score (nSPS) is 23.1. The number of piperidine rings is 1. The molecule has 0 aromatic heterocycles. The average Bonchev–Trinajstić information content (AvgIpc) is 2.34. The fourth-order valence-corrected chi connectivity index (χ4v) is 2.59. The number of hydrogen-bond donors (Lipinski definition) is 1. The molecule has 1 aliphatic heterocycles. The van der Waals surface area contributed by atoms with Crippen LogP contribution < -0.4 is 5.32 Å².